The molecule has 0 aliphatic heterocycles. The molecule has 90 valence electrons. The summed E-state index contributed by atoms with van der Waals surface area (Å²) >= 11 is 0. The Morgan fingerprint density at radius 2 is 1.62 bits per heavy atom. The number of nitrogens with zero attached hydrogens (tertiary/aromatic N) is 1. The van der Waals surface area contributed by atoms with Crippen molar-refractivity contribution < 1.29 is 0 Å². The third-order valence-corrected chi connectivity index (χ3v) is 2.00. The number of hydrogen-bond donors (Lipinski definition) is 0. The fourth-order valence-electron chi connectivity index (χ4n) is 1.32. The maximum Gasteiger partial charge on any atom is 0.0625 e. The minimum atomic E-state index is 0.615. The first-order valence-electron chi connectivity index (χ1n) is 6.17. The van der Waals surface area contributed by atoms with Crippen LogP contribution < -0.4 is 0 Å². The lowest BCUT2D eigenvalue weighted by Gasteiger charge is -2.03. The van der Waals surface area contributed by atoms with Gasteiger partial charge in [0.1, 0.15) is 0 Å². The van der Waals surface area contributed by atoms with Crippen molar-refractivity contribution >= 4 is 0 Å². The third kappa shape index (κ3) is 7.06. The lowest BCUT2D eigenvalue weighted by molar-refractivity contribution is 0.994. The van der Waals surface area contributed by atoms with Crippen LogP contribution >= 0.6 is 0 Å². The predicted octanol–water partition coefficient (Wildman–Crippen LogP) is 4.81. The summed E-state index contributed by atoms with van der Waals surface area (Å²) in [7, 11) is 0. The van der Waals surface area contributed by atoms with Gasteiger partial charge in [0.25, 0.3) is 0 Å². The van der Waals surface area contributed by atoms with Crippen LogP contribution in [0, 0.1) is 25.2 Å². The zero-order chi connectivity index (χ0) is 13.0. The van der Waals surface area contributed by atoms with Crippen LogP contribution in [-0.4, -0.2) is 0 Å². The first-order chi connectivity index (χ1) is 7.74. The lowest BCUT2D eigenvalue weighted by atomic mass is 10.0. The van der Waals surface area contributed by atoms with Crippen LogP contribution in [0.3, 0.4) is 0 Å². The molecular weight excluding hydrogens is 194 g/mol. The Kier molecular flexibility index (Phi) is 12.6. The van der Waals surface area contributed by atoms with E-state index in [1.807, 2.05) is 27.7 Å². The normalized spacial score (nSPS) is 7.81. The summed E-state index contributed by atoms with van der Waals surface area (Å²) < 4.78 is 0. The molecule has 1 aromatic carbocycles. The minimum Gasteiger partial charge on any atom is -0.198 e. The average molecular weight is 219 g/mol. The Hall–Kier alpha value is -1.29. The van der Waals surface area contributed by atoms with E-state index in [-0.39, 0.29) is 0 Å². The largest absolute Gasteiger partial charge is 0.198 e. The van der Waals surface area contributed by atoms with Crippen molar-refractivity contribution in [1.29, 1.82) is 5.26 Å². The van der Waals surface area contributed by atoms with Gasteiger partial charge >= 0.3 is 0 Å². The highest BCUT2D eigenvalue weighted by molar-refractivity contribution is 5.30. The molecule has 0 saturated carbocycles. The van der Waals surface area contributed by atoms with Crippen molar-refractivity contribution in [2.24, 2.45) is 0 Å². The summed E-state index contributed by atoms with van der Waals surface area (Å²) in [4.78, 5) is 0. The van der Waals surface area contributed by atoms with Gasteiger partial charge < -0.3 is 0 Å². The molecule has 1 aromatic rings. The third-order valence-electron chi connectivity index (χ3n) is 2.00. The number of nitriles is 1. The van der Waals surface area contributed by atoms with E-state index in [4.69, 9.17) is 5.26 Å². The molecule has 0 aliphatic rings. The predicted molar refractivity (Wildman–Crippen MR) is 72.5 cm³/mol. The zero-order valence-corrected chi connectivity index (χ0v) is 11.6. The number of aryl methyl sites for hydroxylation is 3. The molecule has 0 aromatic heterocycles. The molecule has 0 aliphatic carbocycles. The van der Waals surface area contributed by atoms with Crippen LogP contribution in [0.4, 0.5) is 0 Å². The molecule has 1 nitrogen and oxygen atoms in total. The number of hydrogen-bond acceptors (Lipinski definition) is 1. The fraction of sp³-hybridized carbons (Fsp3) is 0.533. The smallest absolute Gasteiger partial charge is 0.0625 e. The minimum absolute atomic E-state index is 0.615. The second-order valence-corrected chi connectivity index (χ2v) is 3.09. The van der Waals surface area contributed by atoms with Gasteiger partial charge in [0.15, 0.2) is 0 Å². The molecular formula is C15H25N. The lowest BCUT2D eigenvalue weighted by Crippen LogP contribution is -1.89. The Labute approximate surface area is 101 Å². The van der Waals surface area contributed by atoms with Gasteiger partial charge in [-0.2, -0.15) is 5.26 Å². The highest BCUT2D eigenvalue weighted by atomic mass is 14.2. The van der Waals surface area contributed by atoms with Crippen LogP contribution in [0.25, 0.3) is 0 Å². The van der Waals surface area contributed by atoms with Crippen molar-refractivity contribution in [2.75, 3.05) is 0 Å². The van der Waals surface area contributed by atoms with Gasteiger partial charge in [-0.1, -0.05) is 51.5 Å². The van der Waals surface area contributed by atoms with Gasteiger partial charge in [-0.3, -0.25) is 0 Å². The van der Waals surface area contributed by atoms with Crippen LogP contribution in [-0.2, 0) is 6.42 Å². The van der Waals surface area contributed by atoms with E-state index in [9.17, 15) is 0 Å². The topological polar surface area (TPSA) is 23.8 Å². The Balaban J connectivity index is 0. The quantitative estimate of drug-likeness (QED) is 0.700. The van der Waals surface area contributed by atoms with Crippen molar-refractivity contribution in [3.8, 4) is 6.07 Å². The monoisotopic (exact) mass is 219 g/mol. The van der Waals surface area contributed by atoms with Crippen LogP contribution in [0.5, 0.6) is 0 Å². The fourth-order valence-corrected chi connectivity index (χ4v) is 1.32. The van der Waals surface area contributed by atoms with E-state index in [1.54, 1.807) is 0 Å². The molecule has 1 heteroatoms. The molecule has 0 unspecified atom stereocenters. The summed E-state index contributed by atoms with van der Waals surface area (Å²) in [6.07, 6.45) is 1.49. The van der Waals surface area contributed by atoms with E-state index < -0.39 is 0 Å². The average Bonchev–Trinajstić information content (AvgIpc) is 2.33. The summed E-state index contributed by atoms with van der Waals surface area (Å²) in [6, 6.07) is 8.53. The van der Waals surface area contributed by atoms with E-state index >= 15 is 0 Å². The Morgan fingerprint density at radius 3 is 2.06 bits per heavy atom. The van der Waals surface area contributed by atoms with E-state index in [0.29, 0.717) is 6.42 Å². The van der Waals surface area contributed by atoms with E-state index in [2.05, 4.69) is 38.1 Å². The van der Waals surface area contributed by atoms with Gasteiger partial charge in [0, 0.05) is 6.42 Å². The summed E-state index contributed by atoms with van der Waals surface area (Å²) in [5.74, 6) is 0. The van der Waals surface area contributed by atoms with Crippen molar-refractivity contribution in [2.45, 2.75) is 54.4 Å². The van der Waals surface area contributed by atoms with Crippen molar-refractivity contribution in [3.63, 3.8) is 0 Å². The van der Waals surface area contributed by atoms with E-state index in [0.717, 1.165) is 6.42 Å². The van der Waals surface area contributed by atoms with Gasteiger partial charge in [-0.15, -0.1) is 0 Å². The zero-order valence-electron chi connectivity index (χ0n) is 11.6. The van der Waals surface area contributed by atoms with Crippen molar-refractivity contribution in [1.82, 2.24) is 0 Å². The van der Waals surface area contributed by atoms with E-state index in [1.165, 1.54) is 16.7 Å². The maximum absolute atomic E-state index is 8.42. The Morgan fingerprint density at radius 1 is 1.06 bits per heavy atom. The first-order valence-corrected chi connectivity index (χ1v) is 6.17. The molecule has 0 heterocycles. The molecule has 0 N–H and O–H groups in total. The molecule has 1 rings (SSSR count). The first kappa shape index (κ1) is 17.1. The standard InChI is InChI=1S/C11H13N.2C2H6/c1-9-5-6-11(4-3-7-12)10(2)8-9;2*1-2/h5-6,8H,3-4H2,1-2H3;2*1-2H3. The summed E-state index contributed by atoms with van der Waals surface area (Å²) in [5.41, 5.74) is 3.88. The second kappa shape index (κ2) is 11.8. The SMILES string of the molecule is CC.CC.Cc1ccc(CCC#N)c(C)c1. The molecule has 0 bridgehead atoms. The van der Waals surface area contributed by atoms with Crippen LogP contribution in [0.15, 0.2) is 18.2 Å². The Bertz CT molecular complexity index is 308. The van der Waals surface area contributed by atoms with Gasteiger partial charge in [-0.05, 0) is 31.4 Å². The highest BCUT2D eigenvalue weighted by Gasteiger charge is 1.96. The summed E-state index contributed by atoms with van der Waals surface area (Å²) in [5, 5.41) is 8.42. The van der Waals surface area contributed by atoms with Gasteiger partial charge in [-0.25, -0.2) is 0 Å². The molecule has 16 heavy (non-hydrogen) atoms. The summed E-state index contributed by atoms with van der Waals surface area (Å²) in [6.45, 7) is 12.2. The molecule has 0 amide bonds. The van der Waals surface area contributed by atoms with Crippen molar-refractivity contribution in [3.05, 3.63) is 34.9 Å². The molecule has 0 spiro atoms. The van der Waals surface area contributed by atoms with Gasteiger partial charge in [0.05, 0.1) is 6.07 Å². The number of benzene rings is 1. The highest BCUT2D eigenvalue weighted by Crippen LogP contribution is 2.11. The van der Waals surface area contributed by atoms with Crippen LogP contribution in [0.2, 0.25) is 0 Å². The maximum atomic E-state index is 8.42. The molecule has 0 atom stereocenters. The molecule has 0 fully saturated rings. The molecule has 0 saturated heterocycles. The van der Waals surface area contributed by atoms with Crippen LogP contribution in [0.1, 0.15) is 50.8 Å². The number of rotatable bonds is 2. The molecule has 0 radical (unpaired) electrons. The van der Waals surface area contributed by atoms with Gasteiger partial charge in [0.2, 0.25) is 0 Å². The second-order valence-electron chi connectivity index (χ2n) is 3.09.